The number of ether oxygens (including phenoxy) is 1. The van der Waals surface area contributed by atoms with Crippen molar-refractivity contribution < 1.29 is 18.3 Å². The molecule has 0 aromatic heterocycles. The van der Waals surface area contributed by atoms with Gasteiger partial charge in [-0.1, -0.05) is 46.3 Å². The van der Waals surface area contributed by atoms with Crippen molar-refractivity contribution in [2.24, 2.45) is 0 Å². The van der Waals surface area contributed by atoms with Gasteiger partial charge in [0.15, 0.2) is 5.60 Å². The van der Waals surface area contributed by atoms with Crippen LogP contribution in [0.2, 0.25) is 0 Å². The molecule has 5 heteroatoms. The van der Waals surface area contributed by atoms with Crippen molar-refractivity contribution >= 4 is 21.7 Å². The summed E-state index contributed by atoms with van der Waals surface area (Å²) in [4.78, 5) is 12.7. The third-order valence-corrected chi connectivity index (χ3v) is 5.21. The number of halogens is 3. The van der Waals surface area contributed by atoms with E-state index in [2.05, 4.69) is 15.9 Å². The van der Waals surface area contributed by atoms with E-state index in [0.717, 1.165) is 6.42 Å². The van der Waals surface area contributed by atoms with Crippen LogP contribution >= 0.6 is 15.9 Å². The van der Waals surface area contributed by atoms with Crippen LogP contribution in [0, 0.1) is 11.6 Å². The summed E-state index contributed by atoms with van der Waals surface area (Å²) >= 11 is 3.47. The molecule has 0 aliphatic carbocycles. The van der Waals surface area contributed by atoms with E-state index >= 15 is 0 Å². The summed E-state index contributed by atoms with van der Waals surface area (Å²) < 4.78 is 34.4. The van der Waals surface area contributed by atoms with E-state index in [1.807, 2.05) is 0 Å². The maximum Gasteiger partial charge on any atom is 0.203 e. The molecule has 1 aliphatic heterocycles. The summed E-state index contributed by atoms with van der Waals surface area (Å²) in [6.07, 6.45) is 1.38. The Morgan fingerprint density at radius 3 is 2.39 bits per heavy atom. The zero-order valence-electron chi connectivity index (χ0n) is 12.3. The Bertz CT molecular complexity index is 734. The van der Waals surface area contributed by atoms with Crippen LogP contribution in [-0.4, -0.2) is 17.2 Å². The van der Waals surface area contributed by atoms with Crippen LogP contribution in [0.3, 0.4) is 0 Å². The van der Waals surface area contributed by atoms with Gasteiger partial charge in [-0.15, -0.1) is 0 Å². The van der Waals surface area contributed by atoms with E-state index in [1.54, 1.807) is 18.2 Å². The average Bonchev–Trinajstić information content (AvgIpc) is 2.56. The largest absolute Gasteiger partial charge is 0.361 e. The predicted molar refractivity (Wildman–Crippen MR) is 86.7 cm³/mol. The molecular formula is C18H15BrF2O2. The standard InChI is InChI=1S/C18H15BrF2O2/c19-16-10-5-11-23-18(16,13-7-2-4-9-15(13)21)17(22)12-6-1-3-8-14(12)20/h1-4,6-9,16H,5,10-11H2/t16-,18+/m1/s1. The predicted octanol–water partition coefficient (Wildman–Crippen LogP) is 4.62. The van der Waals surface area contributed by atoms with Crippen LogP contribution in [0.4, 0.5) is 8.78 Å². The van der Waals surface area contributed by atoms with Gasteiger partial charge >= 0.3 is 0 Å². The number of carbonyl (C=O) groups is 1. The lowest BCUT2D eigenvalue weighted by Crippen LogP contribution is -2.50. The van der Waals surface area contributed by atoms with E-state index in [4.69, 9.17) is 4.74 Å². The molecule has 0 bridgehead atoms. The minimum Gasteiger partial charge on any atom is -0.361 e. The smallest absolute Gasteiger partial charge is 0.203 e. The van der Waals surface area contributed by atoms with Gasteiger partial charge < -0.3 is 4.74 Å². The topological polar surface area (TPSA) is 26.3 Å². The van der Waals surface area contributed by atoms with Gasteiger partial charge in [0.25, 0.3) is 0 Å². The van der Waals surface area contributed by atoms with Crippen LogP contribution in [0.5, 0.6) is 0 Å². The first-order valence-electron chi connectivity index (χ1n) is 7.39. The number of benzene rings is 2. The Hall–Kier alpha value is -1.59. The lowest BCUT2D eigenvalue weighted by Gasteiger charge is -2.40. The second kappa shape index (κ2) is 6.49. The third kappa shape index (κ3) is 2.72. The first kappa shape index (κ1) is 16.3. The van der Waals surface area contributed by atoms with Crippen molar-refractivity contribution in [3.05, 3.63) is 71.3 Å². The highest BCUT2D eigenvalue weighted by molar-refractivity contribution is 9.09. The Morgan fingerprint density at radius 1 is 1.09 bits per heavy atom. The minimum atomic E-state index is -1.56. The summed E-state index contributed by atoms with van der Waals surface area (Å²) in [5.74, 6) is -1.74. The molecular weight excluding hydrogens is 366 g/mol. The zero-order valence-corrected chi connectivity index (χ0v) is 13.9. The zero-order chi connectivity index (χ0) is 16.4. The average molecular weight is 381 g/mol. The molecule has 2 atom stereocenters. The Balaban J connectivity index is 2.19. The fourth-order valence-corrected chi connectivity index (χ4v) is 3.88. The van der Waals surface area contributed by atoms with Gasteiger partial charge in [0.1, 0.15) is 11.6 Å². The van der Waals surface area contributed by atoms with Crippen molar-refractivity contribution in [2.45, 2.75) is 23.3 Å². The molecule has 1 saturated heterocycles. The normalized spacial score (nSPS) is 24.4. The minimum absolute atomic E-state index is 0.0953. The van der Waals surface area contributed by atoms with E-state index in [9.17, 15) is 13.6 Å². The molecule has 0 spiro atoms. The molecule has 2 nitrogen and oxygen atoms in total. The maximum absolute atomic E-state index is 14.4. The van der Waals surface area contributed by atoms with Crippen molar-refractivity contribution in [1.29, 1.82) is 0 Å². The Labute approximate surface area is 141 Å². The van der Waals surface area contributed by atoms with Crippen LogP contribution in [0.1, 0.15) is 28.8 Å². The van der Waals surface area contributed by atoms with Crippen LogP contribution < -0.4 is 0 Å². The second-order valence-corrected chi connectivity index (χ2v) is 6.59. The molecule has 0 radical (unpaired) electrons. The summed E-state index contributed by atoms with van der Waals surface area (Å²) in [5, 5.41) is 0. The van der Waals surface area contributed by atoms with E-state index in [0.29, 0.717) is 13.0 Å². The first-order chi connectivity index (χ1) is 11.1. The highest BCUT2D eigenvalue weighted by Gasteiger charge is 2.51. The van der Waals surface area contributed by atoms with Crippen molar-refractivity contribution in [3.8, 4) is 0 Å². The Kier molecular flexibility index (Phi) is 4.60. The SMILES string of the molecule is O=C(c1ccccc1F)[C@@]1(c2ccccc2F)OCCC[C@H]1Br. The number of rotatable bonds is 3. The Morgan fingerprint density at radius 2 is 1.74 bits per heavy atom. The van der Waals surface area contributed by atoms with E-state index in [-0.39, 0.29) is 11.1 Å². The van der Waals surface area contributed by atoms with Crippen molar-refractivity contribution in [2.75, 3.05) is 6.61 Å². The quantitative estimate of drug-likeness (QED) is 0.573. The monoisotopic (exact) mass is 380 g/mol. The molecule has 0 unspecified atom stereocenters. The molecule has 0 amide bonds. The van der Waals surface area contributed by atoms with Crippen LogP contribution in [0.15, 0.2) is 48.5 Å². The van der Waals surface area contributed by atoms with E-state index in [1.165, 1.54) is 30.3 Å². The van der Waals surface area contributed by atoms with Crippen LogP contribution in [-0.2, 0) is 10.3 Å². The number of hydrogen-bond acceptors (Lipinski definition) is 2. The highest BCUT2D eigenvalue weighted by atomic mass is 79.9. The van der Waals surface area contributed by atoms with Gasteiger partial charge in [-0.2, -0.15) is 0 Å². The van der Waals surface area contributed by atoms with Gasteiger partial charge in [-0.05, 0) is 31.0 Å². The molecule has 2 aromatic carbocycles. The third-order valence-electron chi connectivity index (χ3n) is 4.10. The van der Waals surface area contributed by atoms with Crippen molar-refractivity contribution in [3.63, 3.8) is 0 Å². The molecule has 0 saturated carbocycles. The van der Waals surface area contributed by atoms with Crippen LogP contribution in [0.25, 0.3) is 0 Å². The van der Waals surface area contributed by atoms with Gasteiger partial charge in [0.05, 0.1) is 10.4 Å². The van der Waals surface area contributed by atoms with Gasteiger partial charge in [-0.25, -0.2) is 8.78 Å². The molecule has 1 fully saturated rings. The second-order valence-electron chi connectivity index (χ2n) is 5.48. The summed E-state index contributed by atoms with van der Waals surface area (Å²) in [7, 11) is 0. The maximum atomic E-state index is 14.4. The number of alkyl halides is 1. The molecule has 1 aliphatic rings. The molecule has 0 N–H and O–H groups in total. The number of carbonyl (C=O) groups excluding carboxylic acids is 1. The number of Topliss-reactive ketones (excluding diaryl/α,β-unsaturated/α-hetero) is 1. The molecule has 1 heterocycles. The summed E-state index contributed by atoms with van der Waals surface area (Å²) in [6, 6.07) is 11.7. The lowest BCUT2D eigenvalue weighted by atomic mass is 9.79. The van der Waals surface area contributed by atoms with Gasteiger partial charge in [-0.3, -0.25) is 4.79 Å². The van der Waals surface area contributed by atoms with E-state index < -0.39 is 27.8 Å². The molecule has 23 heavy (non-hydrogen) atoms. The van der Waals surface area contributed by atoms with Gasteiger partial charge in [0, 0.05) is 12.2 Å². The van der Waals surface area contributed by atoms with Gasteiger partial charge in [0.2, 0.25) is 5.78 Å². The first-order valence-corrected chi connectivity index (χ1v) is 8.31. The number of hydrogen-bond donors (Lipinski definition) is 0. The molecule has 2 aromatic rings. The summed E-state index contributed by atoms with van der Waals surface area (Å²) in [6.45, 7) is 0.316. The number of ketones is 1. The summed E-state index contributed by atoms with van der Waals surface area (Å²) in [5.41, 5.74) is -1.52. The molecule has 3 rings (SSSR count). The fourth-order valence-electron chi connectivity index (χ4n) is 2.97. The molecule has 120 valence electrons. The fraction of sp³-hybridized carbons (Fsp3) is 0.278. The highest BCUT2D eigenvalue weighted by Crippen LogP contribution is 2.43. The van der Waals surface area contributed by atoms with Crippen molar-refractivity contribution in [1.82, 2.24) is 0 Å². The lowest BCUT2D eigenvalue weighted by molar-refractivity contribution is -0.0540.